The highest BCUT2D eigenvalue weighted by atomic mass is 19.1. The van der Waals surface area contributed by atoms with Crippen molar-refractivity contribution in [2.24, 2.45) is 13.0 Å². The van der Waals surface area contributed by atoms with Crippen molar-refractivity contribution < 1.29 is 14.0 Å². The van der Waals surface area contributed by atoms with Crippen molar-refractivity contribution in [1.82, 2.24) is 19.6 Å². The summed E-state index contributed by atoms with van der Waals surface area (Å²) in [5.41, 5.74) is 1.46. The maximum Gasteiger partial charge on any atom is 0.276 e. The number of amides is 2. The van der Waals surface area contributed by atoms with Crippen LogP contribution in [0.3, 0.4) is 0 Å². The van der Waals surface area contributed by atoms with Gasteiger partial charge in [0.1, 0.15) is 11.6 Å². The Bertz CT molecular complexity index is 1080. The smallest absolute Gasteiger partial charge is 0.276 e. The quantitative estimate of drug-likeness (QED) is 0.633. The molecule has 2 aromatic heterocycles. The molecule has 2 N–H and O–H groups in total. The van der Waals surface area contributed by atoms with E-state index in [0.29, 0.717) is 18.1 Å². The topological polar surface area (TPSA) is 93.8 Å². The van der Waals surface area contributed by atoms with E-state index in [1.54, 1.807) is 36.1 Å². The van der Waals surface area contributed by atoms with Crippen LogP contribution in [0.5, 0.6) is 0 Å². The zero-order valence-corrected chi connectivity index (χ0v) is 17.3. The minimum Gasteiger partial charge on any atom is -0.318 e. The van der Waals surface area contributed by atoms with Gasteiger partial charge in [-0.1, -0.05) is 31.4 Å². The predicted octanol–water partition coefficient (Wildman–Crippen LogP) is 3.58. The minimum absolute atomic E-state index is 0.0184. The summed E-state index contributed by atoms with van der Waals surface area (Å²) in [6.07, 6.45) is 8.31. The highest BCUT2D eigenvalue weighted by Gasteiger charge is 2.23. The third-order valence-electron chi connectivity index (χ3n) is 5.46. The zero-order chi connectivity index (χ0) is 21.8. The number of aryl methyl sites for hydroxylation is 1. The van der Waals surface area contributed by atoms with Crippen molar-refractivity contribution in [2.45, 2.75) is 38.6 Å². The van der Waals surface area contributed by atoms with Gasteiger partial charge in [0.25, 0.3) is 5.91 Å². The molecule has 0 bridgehead atoms. The Hall–Kier alpha value is -3.49. The molecule has 0 spiro atoms. The van der Waals surface area contributed by atoms with Gasteiger partial charge in [0, 0.05) is 25.2 Å². The number of hydrogen-bond donors (Lipinski definition) is 2. The van der Waals surface area contributed by atoms with Crippen LogP contribution in [-0.2, 0) is 18.4 Å². The van der Waals surface area contributed by atoms with E-state index < -0.39 is 5.91 Å². The number of hydrogen-bond acceptors (Lipinski definition) is 4. The molecule has 0 atom stereocenters. The van der Waals surface area contributed by atoms with Gasteiger partial charge in [-0.05, 0) is 30.5 Å². The van der Waals surface area contributed by atoms with Crippen molar-refractivity contribution >= 4 is 23.3 Å². The molecule has 1 aliphatic carbocycles. The van der Waals surface area contributed by atoms with Crippen LogP contribution in [0.2, 0.25) is 0 Å². The standard InChI is InChI=1S/C22H25FN6O2/c1-28-20(26-21(30)16-7-3-2-4-8-16)11-19(27-28)22(31)25-18-12-24-29(14-18)13-15-6-5-9-17(23)10-15/h5-6,9-12,14,16H,2-4,7-8,13H2,1H3,(H,25,31)(H,26,30). The van der Waals surface area contributed by atoms with Gasteiger partial charge >= 0.3 is 0 Å². The van der Waals surface area contributed by atoms with E-state index in [0.717, 1.165) is 31.2 Å². The third-order valence-corrected chi connectivity index (χ3v) is 5.46. The first-order chi connectivity index (χ1) is 15.0. The van der Waals surface area contributed by atoms with Crippen molar-refractivity contribution in [3.05, 3.63) is 59.8 Å². The van der Waals surface area contributed by atoms with Gasteiger partial charge in [0.15, 0.2) is 5.69 Å². The van der Waals surface area contributed by atoms with Gasteiger partial charge in [-0.15, -0.1) is 0 Å². The number of halogens is 1. The molecule has 0 radical (unpaired) electrons. The van der Waals surface area contributed by atoms with E-state index >= 15 is 0 Å². The van der Waals surface area contributed by atoms with E-state index in [1.807, 2.05) is 0 Å². The summed E-state index contributed by atoms with van der Waals surface area (Å²) in [6.45, 7) is 0.383. The third kappa shape index (κ3) is 5.17. The molecule has 31 heavy (non-hydrogen) atoms. The number of rotatable bonds is 6. The molecule has 4 rings (SSSR count). The van der Waals surface area contributed by atoms with E-state index in [-0.39, 0.29) is 23.3 Å². The summed E-state index contributed by atoms with van der Waals surface area (Å²) in [5.74, 6) is -0.223. The normalized spacial score (nSPS) is 14.4. The van der Waals surface area contributed by atoms with E-state index in [9.17, 15) is 14.0 Å². The molecule has 8 nitrogen and oxygen atoms in total. The predicted molar refractivity (Wildman–Crippen MR) is 114 cm³/mol. The lowest BCUT2D eigenvalue weighted by atomic mass is 9.89. The first-order valence-corrected chi connectivity index (χ1v) is 10.4. The second-order valence-corrected chi connectivity index (χ2v) is 7.87. The summed E-state index contributed by atoms with van der Waals surface area (Å²) in [6, 6.07) is 7.84. The lowest BCUT2D eigenvalue weighted by Crippen LogP contribution is -2.25. The number of anilines is 2. The maximum absolute atomic E-state index is 13.3. The van der Waals surface area contributed by atoms with Crippen LogP contribution in [0.1, 0.15) is 48.2 Å². The van der Waals surface area contributed by atoms with Crippen molar-refractivity contribution in [1.29, 1.82) is 0 Å². The molecular weight excluding hydrogens is 399 g/mol. The summed E-state index contributed by atoms with van der Waals surface area (Å²) < 4.78 is 16.4. The average Bonchev–Trinajstić information content (AvgIpc) is 3.35. The Kier molecular flexibility index (Phi) is 6.11. The molecule has 3 aromatic rings. The van der Waals surface area contributed by atoms with Crippen LogP contribution < -0.4 is 10.6 Å². The molecule has 2 amide bonds. The lowest BCUT2D eigenvalue weighted by Gasteiger charge is -2.20. The SMILES string of the molecule is Cn1nc(C(=O)Nc2cnn(Cc3cccc(F)c3)c2)cc1NC(=O)C1CCCCC1. The summed E-state index contributed by atoms with van der Waals surface area (Å²) in [5, 5.41) is 14.0. The molecule has 0 unspecified atom stereocenters. The largest absolute Gasteiger partial charge is 0.318 e. The molecule has 0 aliphatic heterocycles. The molecule has 9 heteroatoms. The molecular formula is C22H25FN6O2. The first kappa shape index (κ1) is 20.8. The highest BCUT2D eigenvalue weighted by Crippen LogP contribution is 2.25. The second kappa shape index (κ2) is 9.11. The summed E-state index contributed by atoms with van der Waals surface area (Å²) in [4.78, 5) is 25.1. The van der Waals surface area contributed by atoms with E-state index in [2.05, 4.69) is 20.8 Å². The van der Waals surface area contributed by atoms with Crippen LogP contribution in [0, 0.1) is 11.7 Å². The van der Waals surface area contributed by atoms with Gasteiger partial charge in [-0.2, -0.15) is 10.2 Å². The van der Waals surface area contributed by atoms with E-state index in [1.165, 1.54) is 29.4 Å². The fraction of sp³-hybridized carbons (Fsp3) is 0.364. The van der Waals surface area contributed by atoms with Gasteiger partial charge in [-0.25, -0.2) is 4.39 Å². The van der Waals surface area contributed by atoms with Crippen LogP contribution in [0.25, 0.3) is 0 Å². The second-order valence-electron chi connectivity index (χ2n) is 7.87. The number of carbonyl (C=O) groups is 2. The van der Waals surface area contributed by atoms with Crippen LogP contribution >= 0.6 is 0 Å². The van der Waals surface area contributed by atoms with Crippen molar-refractivity contribution in [3.8, 4) is 0 Å². The van der Waals surface area contributed by atoms with Crippen molar-refractivity contribution in [2.75, 3.05) is 10.6 Å². The Morgan fingerprint density at radius 3 is 2.74 bits per heavy atom. The molecule has 1 saturated carbocycles. The number of benzene rings is 1. The number of carbonyl (C=O) groups excluding carboxylic acids is 2. The fourth-order valence-corrected chi connectivity index (χ4v) is 3.82. The zero-order valence-electron chi connectivity index (χ0n) is 17.3. The maximum atomic E-state index is 13.3. The van der Waals surface area contributed by atoms with Crippen LogP contribution in [0.15, 0.2) is 42.7 Å². The number of aromatic nitrogens is 4. The molecule has 162 valence electrons. The molecule has 1 aliphatic rings. The Labute approximate surface area is 179 Å². The Morgan fingerprint density at radius 1 is 1.16 bits per heavy atom. The first-order valence-electron chi connectivity index (χ1n) is 10.4. The van der Waals surface area contributed by atoms with Crippen LogP contribution in [0.4, 0.5) is 15.9 Å². The molecule has 2 heterocycles. The van der Waals surface area contributed by atoms with Crippen molar-refractivity contribution in [3.63, 3.8) is 0 Å². The molecule has 1 aromatic carbocycles. The molecule has 1 fully saturated rings. The Morgan fingerprint density at radius 2 is 1.97 bits per heavy atom. The van der Waals surface area contributed by atoms with Gasteiger partial charge in [-0.3, -0.25) is 19.0 Å². The summed E-state index contributed by atoms with van der Waals surface area (Å²) >= 11 is 0. The lowest BCUT2D eigenvalue weighted by molar-refractivity contribution is -0.120. The number of nitrogens with one attached hydrogen (secondary N) is 2. The fourth-order valence-electron chi connectivity index (χ4n) is 3.82. The van der Waals surface area contributed by atoms with Gasteiger partial charge in [0.05, 0.1) is 18.4 Å². The number of nitrogens with zero attached hydrogens (tertiary/aromatic N) is 4. The molecule has 0 saturated heterocycles. The highest BCUT2D eigenvalue weighted by molar-refractivity contribution is 6.03. The summed E-state index contributed by atoms with van der Waals surface area (Å²) in [7, 11) is 1.68. The monoisotopic (exact) mass is 424 g/mol. The van der Waals surface area contributed by atoms with Crippen LogP contribution in [-0.4, -0.2) is 31.4 Å². The van der Waals surface area contributed by atoms with E-state index in [4.69, 9.17) is 0 Å². The Balaban J connectivity index is 1.37. The van der Waals surface area contributed by atoms with Gasteiger partial charge < -0.3 is 10.6 Å². The van der Waals surface area contributed by atoms with Gasteiger partial charge in [0.2, 0.25) is 5.91 Å². The average molecular weight is 424 g/mol. The minimum atomic E-state index is -0.404.